The number of fused-ring (bicyclic) bond motifs is 1. The molecule has 0 radical (unpaired) electrons. The number of diazo groups is 1. The Morgan fingerprint density at radius 2 is 2.12 bits per heavy atom. The third-order valence-corrected chi connectivity index (χ3v) is 3.00. The van der Waals surface area contributed by atoms with Gasteiger partial charge in [-0.1, -0.05) is 0 Å². The van der Waals surface area contributed by atoms with Crippen LogP contribution in [0.2, 0.25) is 0 Å². The molecule has 8 heteroatoms. The molecule has 0 bridgehead atoms. The lowest BCUT2D eigenvalue weighted by Crippen LogP contribution is -2.11. The number of hydrogen-bond donors (Lipinski definition) is 1. The summed E-state index contributed by atoms with van der Waals surface area (Å²) in [6.07, 6.45) is 2.40. The van der Waals surface area contributed by atoms with Crippen molar-refractivity contribution in [1.29, 1.82) is 5.39 Å². The van der Waals surface area contributed by atoms with E-state index in [0.717, 1.165) is 0 Å². The average molecular weight is 253 g/mol. The highest BCUT2D eigenvalue weighted by atomic mass is 32.2. The lowest BCUT2D eigenvalue weighted by molar-refractivity contribution is 0.441. The van der Waals surface area contributed by atoms with Gasteiger partial charge in [0.2, 0.25) is 21.4 Å². The van der Waals surface area contributed by atoms with Crippen LogP contribution in [0.3, 0.4) is 0 Å². The SMILES string of the molecule is N#[N+]c1c(O)c2c(oc1=O)C=CC(=S(=O)=O)C2. The van der Waals surface area contributed by atoms with Crippen LogP contribution in [0.1, 0.15) is 11.3 Å². The highest BCUT2D eigenvalue weighted by Gasteiger charge is 2.29. The zero-order chi connectivity index (χ0) is 12.6. The molecule has 0 amide bonds. The molecular weight excluding hydrogens is 248 g/mol. The van der Waals surface area contributed by atoms with Crippen molar-refractivity contribution < 1.29 is 17.9 Å². The van der Waals surface area contributed by atoms with E-state index in [2.05, 4.69) is 4.98 Å². The molecule has 1 aromatic rings. The molecule has 0 aliphatic heterocycles. The first-order valence-corrected chi connectivity index (χ1v) is 5.49. The molecule has 1 heterocycles. The second kappa shape index (κ2) is 3.88. The Kier molecular flexibility index (Phi) is 2.53. The fourth-order valence-corrected chi connectivity index (χ4v) is 1.92. The van der Waals surface area contributed by atoms with Gasteiger partial charge in [0.05, 0.1) is 10.4 Å². The monoisotopic (exact) mass is 253 g/mol. The predicted molar refractivity (Wildman–Crippen MR) is 58.1 cm³/mol. The largest absolute Gasteiger partial charge is 0.510 e. The van der Waals surface area contributed by atoms with Crippen molar-refractivity contribution >= 4 is 26.9 Å². The molecule has 2 rings (SSSR count). The molecule has 0 unspecified atom stereocenters. The summed E-state index contributed by atoms with van der Waals surface area (Å²) in [5.41, 5.74) is -1.55. The Morgan fingerprint density at radius 3 is 2.71 bits per heavy atom. The summed E-state index contributed by atoms with van der Waals surface area (Å²) in [6, 6.07) is 0. The van der Waals surface area contributed by atoms with E-state index in [-0.39, 0.29) is 22.6 Å². The van der Waals surface area contributed by atoms with Crippen LogP contribution in [0, 0.1) is 5.39 Å². The van der Waals surface area contributed by atoms with Gasteiger partial charge in [-0.3, -0.25) is 0 Å². The summed E-state index contributed by atoms with van der Waals surface area (Å²) >= 11 is 0. The van der Waals surface area contributed by atoms with Gasteiger partial charge in [0.1, 0.15) is 5.76 Å². The van der Waals surface area contributed by atoms with E-state index in [9.17, 15) is 18.3 Å². The second-order valence-corrected chi connectivity index (χ2v) is 4.23. The van der Waals surface area contributed by atoms with E-state index in [1.807, 2.05) is 0 Å². The quantitative estimate of drug-likeness (QED) is 0.530. The third-order valence-electron chi connectivity index (χ3n) is 2.29. The zero-order valence-corrected chi connectivity index (χ0v) is 9.06. The van der Waals surface area contributed by atoms with Gasteiger partial charge in [-0.25, -0.2) is 4.79 Å². The van der Waals surface area contributed by atoms with Crippen LogP contribution < -0.4 is 5.63 Å². The van der Waals surface area contributed by atoms with Crippen LogP contribution in [-0.4, -0.2) is 18.4 Å². The van der Waals surface area contributed by atoms with Crippen molar-refractivity contribution in [3.05, 3.63) is 32.8 Å². The summed E-state index contributed by atoms with van der Waals surface area (Å²) in [4.78, 5) is 13.9. The minimum atomic E-state index is -2.43. The van der Waals surface area contributed by atoms with Crippen molar-refractivity contribution in [1.82, 2.24) is 0 Å². The first-order chi connectivity index (χ1) is 8.04. The van der Waals surface area contributed by atoms with Crippen LogP contribution in [-0.2, 0) is 16.7 Å². The van der Waals surface area contributed by atoms with Crippen LogP contribution in [0.15, 0.2) is 15.3 Å². The van der Waals surface area contributed by atoms with E-state index in [1.54, 1.807) is 0 Å². The van der Waals surface area contributed by atoms with Crippen LogP contribution in [0.5, 0.6) is 5.75 Å². The highest BCUT2D eigenvalue weighted by Crippen LogP contribution is 2.32. The minimum Gasteiger partial charge on any atom is -0.501 e. The Morgan fingerprint density at radius 1 is 1.41 bits per heavy atom. The van der Waals surface area contributed by atoms with Gasteiger partial charge in [-0.2, -0.15) is 8.42 Å². The molecule has 0 atom stereocenters. The molecule has 1 aromatic heterocycles. The summed E-state index contributed by atoms with van der Waals surface area (Å²) < 4.78 is 26.3. The first kappa shape index (κ1) is 11.1. The van der Waals surface area contributed by atoms with Gasteiger partial charge in [-0.15, -0.1) is 0 Å². The number of allylic oxidation sites excluding steroid dienone is 1. The lowest BCUT2D eigenvalue weighted by Gasteiger charge is -2.08. The molecule has 7 nitrogen and oxygen atoms in total. The Balaban J connectivity index is 2.79. The molecule has 1 N–H and O–H groups in total. The summed E-state index contributed by atoms with van der Waals surface area (Å²) in [5, 5.41) is 18.2. The zero-order valence-electron chi connectivity index (χ0n) is 8.24. The van der Waals surface area contributed by atoms with Crippen LogP contribution in [0.4, 0.5) is 5.69 Å². The topological polar surface area (TPSA) is 113 Å². The van der Waals surface area contributed by atoms with E-state index >= 15 is 0 Å². The van der Waals surface area contributed by atoms with Gasteiger partial charge >= 0.3 is 11.3 Å². The Hall–Kier alpha value is -2.40. The molecule has 86 valence electrons. The molecule has 1 aliphatic carbocycles. The number of hydrogen-bond acceptors (Lipinski definition) is 6. The fourth-order valence-electron chi connectivity index (χ4n) is 1.48. The standard InChI is InChI=1S/C9H4N2O5S/c10-11-7-8(12)5-3-4(17(14)15)1-2-6(5)16-9(7)13/h1-2H,3H2/p+1. The maximum absolute atomic E-state index is 11.2. The molecule has 0 fully saturated rings. The molecule has 0 aromatic carbocycles. The molecule has 1 aliphatic rings. The predicted octanol–water partition coefficient (Wildman–Crippen LogP) is 0.451. The number of aromatic hydroxyl groups is 1. The van der Waals surface area contributed by atoms with Crippen LogP contribution >= 0.6 is 0 Å². The Bertz CT molecular complexity index is 756. The first-order valence-electron chi connectivity index (χ1n) is 4.41. The Labute approximate surface area is 95.8 Å². The number of nitrogens with zero attached hydrogens (tertiary/aromatic N) is 2. The van der Waals surface area contributed by atoms with Crippen molar-refractivity contribution in [2.24, 2.45) is 0 Å². The number of rotatable bonds is 0. The summed E-state index contributed by atoms with van der Waals surface area (Å²) in [7, 11) is -2.43. The van der Waals surface area contributed by atoms with Gasteiger partial charge in [0.25, 0.3) is 0 Å². The molecule has 0 saturated heterocycles. The van der Waals surface area contributed by atoms with Crippen molar-refractivity contribution in [2.45, 2.75) is 6.42 Å². The molecule has 0 saturated carbocycles. The molecule has 17 heavy (non-hydrogen) atoms. The van der Waals surface area contributed by atoms with E-state index in [1.165, 1.54) is 12.2 Å². The smallest absolute Gasteiger partial charge is 0.501 e. The highest BCUT2D eigenvalue weighted by molar-refractivity contribution is 7.73. The minimum absolute atomic E-state index is 0.0329. The van der Waals surface area contributed by atoms with Crippen molar-refractivity contribution in [3.63, 3.8) is 0 Å². The molecular formula is C9H5N2O5S+. The van der Waals surface area contributed by atoms with Crippen molar-refractivity contribution in [3.8, 4) is 5.75 Å². The van der Waals surface area contributed by atoms with Crippen LogP contribution in [0.25, 0.3) is 11.1 Å². The second-order valence-electron chi connectivity index (χ2n) is 3.24. The van der Waals surface area contributed by atoms with Gasteiger partial charge < -0.3 is 9.52 Å². The third kappa shape index (κ3) is 1.72. The van der Waals surface area contributed by atoms with Gasteiger partial charge in [0.15, 0.2) is 4.98 Å². The van der Waals surface area contributed by atoms with E-state index in [4.69, 9.17) is 9.81 Å². The maximum Gasteiger partial charge on any atom is 0.510 e. The fraction of sp³-hybridized carbons (Fsp3) is 0.111. The summed E-state index contributed by atoms with van der Waals surface area (Å²) in [5.74, 6) is -0.528. The normalized spacial score (nSPS) is 13.0. The molecule has 0 spiro atoms. The van der Waals surface area contributed by atoms with Crippen molar-refractivity contribution in [2.75, 3.05) is 0 Å². The maximum atomic E-state index is 11.2. The summed E-state index contributed by atoms with van der Waals surface area (Å²) in [6.45, 7) is 0. The lowest BCUT2D eigenvalue weighted by atomic mass is 10.0. The van der Waals surface area contributed by atoms with Gasteiger partial charge in [0, 0.05) is 6.42 Å². The van der Waals surface area contributed by atoms with E-state index < -0.39 is 27.4 Å². The van der Waals surface area contributed by atoms with Gasteiger partial charge in [-0.05, 0) is 12.2 Å². The average Bonchev–Trinajstić information content (AvgIpc) is 2.29. The van der Waals surface area contributed by atoms with E-state index in [0.29, 0.717) is 0 Å².